The first-order valence-electron chi connectivity index (χ1n) is 8.37. The maximum Gasteiger partial charge on any atom is 0.319 e. The lowest BCUT2D eigenvalue weighted by atomic mass is 10.1. The highest BCUT2D eigenvalue weighted by molar-refractivity contribution is 6.00. The van der Waals surface area contributed by atoms with Crippen molar-refractivity contribution >= 4 is 23.5 Å². The van der Waals surface area contributed by atoms with E-state index >= 15 is 0 Å². The van der Waals surface area contributed by atoms with E-state index in [0.29, 0.717) is 16.8 Å². The van der Waals surface area contributed by atoms with Gasteiger partial charge in [-0.3, -0.25) is 20.4 Å². The number of carbonyl (C=O) groups is 3. The van der Waals surface area contributed by atoms with Crippen LogP contribution in [0.3, 0.4) is 0 Å². The number of amides is 4. The molecule has 134 valence electrons. The van der Waals surface area contributed by atoms with E-state index in [-0.39, 0.29) is 12.1 Å². The SMILES string of the molecule is Cc1ccccc1C(=O)NNC(=O)c1cccc(NC(=O)NC2CC2)c1. The number of benzene rings is 2. The Labute approximate surface area is 151 Å². The van der Waals surface area contributed by atoms with Crippen molar-refractivity contribution in [1.82, 2.24) is 16.2 Å². The molecular weight excluding hydrogens is 332 g/mol. The van der Waals surface area contributed by atoms with E-state index in [9.17, 15) is 14.4 Å². The highest BCUT2D eigenvalue weighted by Gasteiger charge is 2.23. The van der Waals surface area contributed by atoms with Crippen LogP contribution in [0.4, 0.5) is 10.5 Å². The molecule has 0 aliphatic heterocycles. The van der Waals surface area contributed by atoms with Crippen LogP contribution in [-0.2, 0) is 0 Å². The second kappa shape index (κ2) is 7.69. The van der Waals surface area contributed by atoms with Gasteiger partial charge in [-0.15, -0.1) is 0 Å². The lowest BCUT2D eigenvalue weighted by molar-refractivity contribution is 0.0846. The van der Waals surface area contributed by atoms with Crippen LogP contribution in [0.5, 0.6) is 0 Å². The second-order valence-corrected chi connectivity index (χ2v) is 6.18. The lowest BCUT2D eigenvalue weighted by Gasteiger charge is -2.10. The van der Waals surface area contributed by atoms with Crippen molar-refractivity contribution in [2.75, 3.05) is 5.32 Å². The van der Waals surface area contributed by atoms with Crippen molar-refractivity contribution in [2.24, 2.45) is 0 Å². The van der Waals surface area contributed by atoms with Crippen LogP contribution in [0.15, 0.2) is 48.5 Å². The standard InChI is InChI=1S/C19H20N4O3/c1-12-5-2-3-8-16(12)18(25)23-22-17(24)13-6-4-7-15(11-13)21-19(26)20-14-9-10-14/h2-8,11,14H,9-10H2,1H3,(H,22,24)(H,23,25)(H2,20,21,26). The molecule has 7 nitrogen and oxygen atoms in total. The summed E-state index contributed by atoms with van der Waals surface area (Å²) in [5.41, 5.74) is 6.89. The number of carbonyl (C=O) groups excluding carboxylic acids is 3. The molecule has 1 aliphatic carbocycles. The molecule has 1 aliphatic rings. The molecule has 0 radical (unpaired) electrons. The van der Waals surface area contributed by atoms with E-state index in [1.54, 1.807) is 36.4 Å². The largest absolute Gasteiger partial charge is 0.335 e. The third kappa shape index (κ3) is 4.60. The van der Waals surface area contributed by atoms with Gasteiger partial charge in [0.05, 0.1) is 0 Å². The first-order chi connectivity index (χ1) is 12.5. The van der Waals surface area contributed by atoms with Gasteiger partial charge in [0.15, 0.2) is 0 Å². The summed E-state index contributed by atoms with van der Waals surface area (Å²) in [6.45, 7) is 1.82. The van der Waals surface area contributed by atoms with Gasteiger partial charge in [-0.05, 0) is 49.6 Å². The summed E-state index contributed by atoms with van der Waals surface area (Å²) < 4.78 is 0. The maximum absolute atomic E-state index is 12.2. The molecule has 0 spiro atoms. The number of urea groups is 1. The van der Waals surface area contributed by atoms with Crippen LogP contribution in [-0.4, -0.2) is 23.9 Å². The zero-order valence-electron chi connectivity index (χ0n) is 14.3. The van der Waals surface area contributed by atoms with Gasteiger partial charge in [0.2, 0.25) is 0 Å². The third-order valence-corrected chi connectivity index (χ3v) is 3.97. The fourth-order valence-corrected chi connectivity index (χ4v) is 2.40. The number of rotatable bonds is 4. The average molecular weight is 352 g/mol. The van der Waals surface area contributed by atoms with Gasteiger partial charge in [0, 0.05) is 22.9 Å². The van der Waals surface area contributed by atoms with Crippen molar-refractivity contribution < 1.29 is 14.4 Å². The normalized spacial score (nSPS) is 12.8. The van der Waals surface area contributed by atoms with E-state index in [0.717, 1.165) is 18.4 Å². The molecule has 4 N–H and O–H groups in total. The Kier molecular flexibility index (Phi) is 5.17. The van der Waals surface area contributed by atoms with Gasteiger partial charge in [0.25, 0.3) is 11.8 Å². The summed E-state index contributed by atoms with van der Waals surface area (Å²) in [5.74, 6) is -0.868. The minimum absolute atomic E-state index is 0.248. The molecule has 0 aromatic heterocycles. The van der Waals surface area contributed by atoms with Crippen LogP contribution in [0.2, 0.25) is 0 Å². The summed E-state index contributed by atoms with van der Waals surface area (Å²) >= 11 is 0. The molecule has 26 heavy (non-hydrogen) atoms. The van der Waals surface area contributed by atoms with E-state index in [1.165, 1.54) is 0 Å². The molecule has 0 unspecified atom stereocenters. The fraction of sp³-hybridized carbons (Fsp3) is 0.211. The Morgan fingerprint density at radius 2 is 1.65 bits per heavy atom. The zero-order valence-corrected chi connectivity index (χ0v) is 14.3. The Hall–Kier alpha value is -3.35. The second-order valence-electron chi connectivity index (χ2n) is 6.18. The smallest absolute Gasteiger partial charge is 0.319 e. The molecule has 7 heteroatoms. The number of anilines is 1. The van der Waals surface area contributed by atoms with Crippen LogP contribution in [0.25, 0.3) is 0 Å². The Morgan fingerprint density at radius 3 is 2.38 bits per heavy atom. The summed E-state index contributed by atoms with van der Waals surface area (Å²) in [7, 11) is 0. The quantitative estimate of drug-likeness (QED) is 0.636. The Bertz CT molecular complexity index is 846. The van der Waals surface area contributed by atoms with Crippen molar-refractivity contribution in [3.8, 4) is 0 Å². The first-order valence-corrected chi connectivity index (χ1v) is 8.37. The highest BCUT2D eigenvalue weighted by Crippen LogP contribution is 2.19. The molecule has 2 aromatic carbocycles. The highest BCUT2D eigenvalue weighted by atomic mass is 16.2. The molecule has 1 fully saturated rings. The topological polar surface area (TPSA) is 99.3 Å². The van der Waals surface area contributed by atoms with Crippen LogP contribution in [0, 0.1) is 6.92 Å². The zero-order chi connectivity index (χ0) is 18.5. The van der Waals surface area contributed by atoms with Crippen LogP contribution < -0.4 is 21.5 Å². The fourth-order valence-electron chi connectivity index (χ4n) is 2.40. The predicted octanol–water partition coefficient (Wildman–Crippen LogP) is 2.35. The van der Waals surface area contributed by atoms with Crippen molar-refractivity contribution in [2.45, 2.75) is 25.8 Å². The van der Waals surface area contributed by atoms with E-state index < -0.39 is 11.8 Å². The number of aryl methyl sites for hydroxylation is 1. The number of hydrazine groups is 1. The van der Waals surface area contributed by atoms with Crippen molar-refractivity contribution in [1.29, 1.82) is 0 Å². The molecule has 0 saturated heterocycles. The molecule has 0 bridgehead atoms. The first kappa shape index (κ1) is 17.5. The van der Waals surface area contributed by atoms with E-state index in [2.05, 4.69) is 21.5 Å². The lowest BCUT2D eigenvalue weighted by Crippen LogP contribution is -2.41. The number of nitrogens with one attached hydrogen (secondary N) is 4. The van der Waals surface area contributed by atoms with Crippen molar-refractivity contribution in [3.63, 3.8) is 0 Å². The van der Waals surface area contributed by atoms with E-state index in [4.69, 9.17) is 0 Å². The number of hydrogen-bond acceptors (Lipinski definition) is 3. The predicted molar refractivity (Wildman–Crippen MR) is 97.7 cm³/mol. The summed E-state index contributed by atoms with van der Waals surface area (Å²) in [6, 6.07) is 13.5. The van der Waals surface area contributed by atoms with Crippen LogP contribution in [0.1, 0.15) is 39.1 Å². The van der Waals surface area contributed by atoms with Gasteiger partial charge in [-0.1, -0.05) is 24.3 Å². The molecule has 0 heterocycles. The summed E-state index contributed by atoms with van der Waals surface area (Å²) in [5, 5.41) is 5.50. The van der Waals surface area contributed by atoms with Gasteiger partial charge < -0.3 is 10.6 Å². The summed E-state index contributed by atoms with van der Waals surface area (Å²) in [6.07, 6.45) is 1.99. The van der Waals surface area contributed by atoms with Crippen LogP contribution >= 0.6 is 0 Å². The Balaban J connectivity index is 1.57. The molecule has 4 amide bonds. The monoisotopic (exact) mass is 352 g/mol. The van der Waals surface area contributed by atoms with Gasteiger partial charge >= 0.3 is 6.03 Å². The molecule has 3 rings (SSSR count). The van der Waals surface area contributed by atoms with Gasteiger partial charge in [-0.25, -0.2) is 4.79 Å². The molecular formula is C19H20N4O3. The molecule has 1 saturated carbocycles. The van der Waals surface area contributed by atoms with Gasteiger partial charge in [-0.2, -0.15) is 0 Å². The maximum atomic E-state index is 12.2. The minimum atomic E-state index is -0.474. The molecule has 2 aromatic rings. The van der Waals surface area contributed by atoms with Crippen molar-refractivity contribution in [3.05, 3.63) is 65.2 Å². The van der Waals surface area contributed by atoms with E-state index in [1.807, 2.05) is 19.1 Å². The Morgan fingerprint density at radius 1 is 0.923 bits per heavy atom. The average Bonchev–Trinajstić information content (AvgIpc) is 3.43. The summed E-state index contributed by atoms with van der Waals surface area (Å²) in [4.78, 5) is 36.1. The van der Waals surface area contributed by atoms with Gasteiger partial charge in [0.1, 0.15) is 0 Å². The third-order valence-electron chi connectivity index (χ3n) is 3.97. The molecule has 0 atom stereocenters. The number of hydrogen-bond donors (Lipinski definition) is 4. The minimum Gasteiger partial charge on any atom is -0.335 e.